The zero-order valence-corrected chi connectivity index (χ0v) is 47.6. The van der Waals surface area contributed by atoms with Crippen LogP contribution >= 0.6 is 7.82 Å². The summed E-state index contributed by atoms with van der Waals surface area (Å²) in [5.41, 5.74) is 0. The first-order valence-electron chi connectivity index (χ1n) is 29.4. The van der Waals surface area contributed by atoms with Gasteiger partial charge in [0.2, 0.25) is 5.91 Å². The zero-order valence-electron chi connectivity index (χ0n) is 46.7. The summed E-state index contributed by atoms with van der Waals surface area (Å²) >= 11 is 0. The third kappa shape index (κ3) is 50.9. The Bertz CT molecular complexity index is 1340. The molecule has 0 saturated carbocycles. The molecule has 1 amide bonds. The van der Waals surface area contributed by atoms with Gasteiger partial charge in [-0.15, -0.1) is 0 Å². The van der Waals surface area contributed by atoms with Crippen molar-refractivity contribution in [2.45, 2.75) is 283 Å². The Hall–Kier alpha value is -2.03. The van der Waals surface area contributed by atoms with Crippen LogP contribution in [0.1, 0.15) is 271 Å². The molecule has 0 aromatic heterocycles. The molecule has 0 aliphatic rings. The van der Waals surface area contributed by atoms with Gasteiger partial charge >= 0.3 is 5.97 Å². The van der Waals surface area contributed by atoms with Gasteiger partial charge in [-0.1, -0.05) is 237 Å². The van der Waals surface area contributed by atoms with Gasteiger partial charge in [-0.2, -0.15) is 0 Å². The van der Waals surface area contributed by atoms with Crippen molar-refractivity contribution in [1.82, 2.24) is 5.32 Å². The van der Waals surface area contributed by atoms with Gasteiger partial charge < -0.3 is 28.5 Å². The lowest BCUT2D eigenvalue weighted by atomic mass is 10.0. The lowest BCUT2D eigenvalue weighted by Crippen LogP contribution is -2.47. The van der Waals surface area contributed by atoms with Gasteiger partial charge in [0.1, 0.15) is 19.3 Å². The maximum atomic E-state index is 13.4. The zero-order chi connectivity index (χ0) is 51.5. The van der Waals surface area contributed by atoms with Gasteiger partial charge in [0.05, 0.1) is 33.8 Å². The number of rotatable bonds is 53. The minimum atomic E-state index is -4.69. The van der Waals surface area contributed by atoms with Gasteiger partial charge in [0.15, 0.2) is 0 Å². The normalized spacial score (nSPS) is 14.1. The average molecular weight is 1010 g/mol. The fourth-order valence-corrected chi connectivity index (χ4v) is 9.13. The molecule has 0 heterocycles. The predicted octanol–water partition coefficient (Wildman–Crippen LogP) is 17.1. The number of ether oxygens (including phenoxy) is 1. The van der Waals surface area contributed by atoms with Crippen LogP contribution in [0, 0.1) is 0 Å². The van der Waals surface area contributed by atoms with E-state index in [4.69, 9.17) is 13.8 Å². The number of allylic oxidation sites excluding steroid dienone is 7. The largest absolute Gasteiger partial charge is 0.756 e. The number of nitrogens with one attached hydrogen (secondary N) is 1. The number of quaternary nitrogens is 1. The van der Waals surface area contributed by atoms with Crippen LogP contribution in [0.4, 0.5) is 0 Å². The summed E-state index contributed by atoms with van der Waals surface area (Å²) in [4.78, 5) is 39.8. The molecule has 0 aromatic carbocycles. The van der Waals surface area contributed by atoms with E-state index >= 15 is 0 Å². The van der Waals surface area contributed by atoms with Gasteiger partial charge in [-0.3, -0.25) is 14.2 Å². The highest BCUT2D eigenvalue weighted by atomic mass is 31.2. The molecule has 3 unspecified atom stereocenters. The van der Waals surface area contributed by atoms with E-state index in [0.717, 1.165) is 83.5 Å². The number of hydrogen-bond acceptors (Lipinski definition) is 7. The third-order valence-electron chi connectivity index (χ3n) is 13.0. The number of esters is 1. The van der Waals surface area contributed by atoms with Crippen molar-refractivity contribution < 1.29 is 37.3 Å². The summed E-state index contributed by atoms with van der Waals surface area (Å²) in [6, 6.07) is -0.887. The smallest absolute Gasteiger partial charge is 0.306 e. The Morgan fingerprint density at radius 1 is 0.500 bits per heavy atom. The minimum Gasteiger partial charge on any atom is -0.756 e. The van der Waals surface area contributed by atoms with Crippen molar-refractivity contribution in [3.8, 4) is 0 Å². The molecule has 1 N–H and O–H groups in total. The Balaban J connectivity index is 5.24. The van der Waals surface area contributed by atoms with Crippen LogP contribution in [0.25, 0.3) is 0 Å². The van der Waals surface area contributed by atoms with Crippen molar-refractivity contribution in [2.24, 2.45) is 0 Å². The van der Waals surface area contributed by atoms with Crippen molar-refractivity contribution in [3.63, 3.8) is 0 Å². The fourth-order valence-electron chi connectivity index (χ4n) is 8.41. The Morgan fingerprint density at radius 3 is 1.33 bits per heavy atom. The highest BCUT2D eigenvalue weighted by Crippen LogP contribution is 2.38. The molecule has 0 radical (unpaired) electrons. The molecule has 410 valence electrons. The highest BCUT2D eigenvalue weighted by Gasteiger charge is 2.27. The molecule has 0 aromatic rings. The van der Waals surface area contributed by atoms with E-state index in [2.05, 4.69) is 62.5 Å². The SMILES string of the molecule is CCCCC/C=C\C/C=C\C/C=C\CCCCCCCCCCC(=O)OC(/C=C/CCCCCCCCCCCC)C(COP(=O)([O-])OCC[N+](C)(C)C)NC(=O)CCCCCCCCCCCCC. The van der Waals surface area contributed by atoms with Crippen LogP contribution in [0.15, 0.2) is 48.6 Å². The molecule has 0 aliphatic heterocycles. The van der Waals surface area contributed by atoms with E-state index in [9.17, 15) is 19.0 Å². The number of nitrogens with zero attached hydrogens (tertiary/aromatic N) is 1. The standard InChI is InChI=1S/C60H113N2O7P/c1-7-10-13-16-19-22-25-27-28-29-30-31-32-33-34-35-38-41-44-47-50-53-60(64)69-58(51-48-45-42-39-37-26-23-20-17-14-11-8-2)57(56-68-70(65,66)67-55-54-62(4,5)6)61-59(63)52-49-46-43-40-36-24-21-18-15-12-9-3/h19,22,27-28,30-31,48,51,57-58H,7-18,20-21,23-26,29,32-47,49-50,52-56H2,1-6H3,(H-,61,63,65,66)/b22-19-,28-27-,31-30-,51-48+. The second kappa shape index (κ2) is 50.5. The second-order valence-electron chi connectivity index (χ2n) is 21.2. The molecule has 0 bridgehead atoms. The molecule has 10 heteroatoms. The summed E-state index contributed by atoms with van der Waals surface area (Å²) in [7, 11) is 1.18. The quantitative estimate of drug-likeness (QED) is 0.0212. The van der Waals surface area contributed by atoms with Gasteiger partial charge in [-0.05, 0) is 70.3 Å². The number of carbonyl (C=O) groups is 2. The van der Waals surface area contributed by atoms with Crippen molar-refractivity contribution in [2.75, 3.05) is 40.9 Å². The van der Waals surface area contributed by atoms with Gasteiger partial charge in [0.25, 0.3) is 7.82 Å². The molecule has 3 atom stereocenters. The van der Waals surface area contributed by atoms with Crippen LogP contribution in [0.3, 0.4) is 0 Å². The maximum absolute atomic E-state index is 13.4. The maximum Gasteiger partial charge on any atom is 0.306 e. The molecule has 0 saturated heterocycles. The first-order chi connectivity index (χ1) is 33.9. The van der Waals surface area contributed by atoms with E-state index in [1.54, 1.807) is 0 Å². The summed E-state index contributed by atoms with van der Waals surface area (Å²) in [6.07, 6.45) is 60.7. The second-order valence-corrected chi connectivity index (χ2v) is 22.6. The van der Waals surface area contributed by atoms with Crippen LogP contribution in [0.5, 0.6) is 0 Å². The summed E-state index contributed by atoms with van der Waals surface area (Å²) in [6.45, 7) is 6.81. The van der Waals surface area contributed by atoms with Crippen molar-refractivity contribution in [3.05, 3.63) is 48.6 Å². The molecule has 0 spiro atoms. The van der Waals surface area contributed by atoms with E-state index in [0.29, 0.717) is 17.4 Å². The Kier molecular flexibility index (Phi) is 49.0. The summed E-state index contributed by atoms with van der Waals surface area (Å²) in [5, 5.41) is 3.02. The van der Waals surface area contributed by atoms with Gasteiger partial charge in [0, 0.05) is 12.8 Å². The number of hydrogen-bond donors (Lipinski definition) is 1. The lowest BCUT2D eigenvalue weighted by molar-refractivity contribution is -0.870. The van der Waals surface area contributed by atoms with E-state index in [1.165, 1.54) is 154 Å². The third-order valence-corrected chi connectivity index (χ3v) is 14.0. The summed E-state index contributed by atoms with van der Waals surface area (Å²) in [5.74, 6) is -0.544. The number of unbranched alkanes of at least 4 members (excludes halogenated alkanes) is 31. The van der Waals surface area contributed by atoms with E-state index in [1.807, 2.05) is 33.3 Å². The highest BCUT2D eigenvalue weighted by molar-refractivity contribution is 7.45. The molecular formula is C60H113N2O7P. The Morgan fingerprint density at radius 2 is 0.871 bits per heavy atom. The lowest BCUT2D eigenvalue weighted by Gasteiger charge is -2.30. The topological polar surface area (TPSA) is 114 Å². The van der Waals surface area contributed by atoms with Crippen LogP contribution in [-0.4, -0.2) is 69.4 Å². The van der Waals surface area contributed by atoms with E-state index in [-0.39, 0.29) is 31.5 Å². The predicted molar refractivity (Wildman–Crippen MR) is 298 cm³/mol. The minimum absolute atomic E-state index is 0.0226. The first kappa shape index (κ1) is 68.0. The molecule has 9 nitrogen and oxygen atoms in total. The monoisotopic (exact) mass is 1000 g/mol. The van der Waals surface area contributed by atoms with Crippen molar-refractivity contribution in [1.29, 1.82) is 0 Å². The first-order valence-corrected chi connectivity index (χ1v) is 30.9. The van der Waals surface area contributed by atoms with Crippen LogP contribution < -0.4 is 10.2 Å². The number of carbonyl (C=O) groups excluding carboxylic acids is 2. The number of phosphoric acid groups is 1. The van der Waals surface area contributed by atoms with Crippen LogP contribution in [-0.2, 0) is 27.9 Å². The van der Waals surface area contributed by atoms with E-state index < -0.39 is 20.0 Å². The molecule has 0 aliphatic carbocycles. The summed E-state index contributed by atoms with van der Waals surface area (Å²) < 4.78 is 30.2. The average Bonchev–Trinajstić information content (AvgIpc) is 3.32. The Labute approximate surface area is 433 Å². The van der Waals surface area contributed by atoms with Crippen LogP contribution in [0.2, 0.25) is 0 Å². The number of phosphoric ester groups is 1. The fraction of sp³-hybridized carbons (Fsp3) is 0.833. The molecule has 0 fully saturated rings. The van der Waals surface area contributed by atoms with Crippen molar-refractivity contribution >= 4 is 19.7 Å². The number of likely N-dealkylation sites (N-methyl/N-ethyl adjacent to an activating group) is 1. The number of amides is 1. The molecular weight excluding hydrogens is 892 g/mol. The van der Waals surface area contributed by atoms with Gasteiger partial charge in [-0.25, -0.2) is 0 Å². The molecule has 70 heavy (non-hydrogen) atoms. The molecule has 0 rings (SSSR count).